The Kier molecular flexibility index (Phi) is 2.51. The Labute approximate surface area is 117 Å². The van der Waals surface area contributed by atoms with E-state index in [1.165, 1.54) is 0 Å². The van der Waals surface area contributed by atoms with E-state index in [-0.39, 0.29) is 12.0 Å². The fraction of sp³-hybridized carbons (Fsp3) is 0.462. The molecule has 0 aliphatic carbocycles. The summed E-state index contributed by atoms with van der Waals surface area (Å²) < 4.78 is 6.18. The van der Waals surface area contributed by atoms with Crippen molar-refractivity contribution in [2.45, 2.75) is 25.6 Å². The van der Waals surface area contributed by atoms with Crippen molar-refractivity contribution in [1.82, 2.24) is 10.2 Å². The van der Waals surface area contributed by atoms with Gasteiger partial charge in [0.1, 0.15) is 5.75 Å². The van der Waals surface area contributed by atoms with E-state index in [2.05, 4.69) is 19.2 Å². The molecule has 1 aromatic carbocycles. The molecule has 1 N–H and O–H groups in total. The minimum atomic E-state index is -0.453. The number of hydrogen-bond donors (Lipinski definition) is 1. The fourth-order valence-corrected chi connectivity index (χ4v) is 3.29. The second-order valence-corrected chi connectivity index (χ2v) is 5.88. The average molecular weight is 283 g/mol. The third-order valence-electron chi connectivity index (χ3n) is 4.24. The molecule has 5 heteroatoms. The van der Waals surface area contributed by atoms with Gasteiger partial charge >= 0.3 is 0 Å². The second kappa shape index (κ2) is 3.75. The maximum absolute atomic E-state index is 6.24. The van der Waals surface area contributed by atoms with Crippen LogP contribution in [0.1, 0.15) is 25.5 Å². The average Bonchev–Trinajstić information content (AvgIpc) is 2.33. The first-order chi connectivity index (χ1) is 8.45. The lowest BCUT2D eigenvalue weighted by Gasteiger charge is -2.55. The van der Waals surface area contributed by atoms with Gasteiger partial charge in [-0.3, -0.25) is 0 Å². The Balaban J connectivity index is 2.20. The molecule has 3 rings (SSSR count). The molecule has 18 heavy (non-hydrogen) atoms. The van der Waals surface area contributed by atoms with Gasteiger partial charge in [0.05, 0.1) is 11.1 Å². The lowest BCUT2D eigenvalue weighted by atomic mass is 9.81. The van der Waals surface area contributed by atoms with Gasteiger partial charge in [0.2, 0.25) is 0 Å². The summed E-state index contributed by atoms with van der Waals surface area (Å²) >= 11 is 11.6. The molecule has 0 spiro atoms. The zero-order valence-corrected chi connectivity index (χ0v) is 12.1. The van der Waals surface area contributed by atoms with Crippen LogP contribution in [0.3, 0.4) is 0 Å². The number of benzene rings is 1. The Morgan fingerprint density at radius 1 is 1.50 bits per heavy atom. The van der Waals surface area contributed by atoms with Gasteiger partial charge in [-0.25, -0.2) is 0 Å². The van der Waals surface area contributed by atoms with E-state index < -0.39 is 5.72 Å². The Morgan fingerprint density at radius 2 is 2.22 bits per heavy atom. The Hall–Kier alpha value is -1.00. The molecule has 0 saturated carbocycles. The summed E-state index contributed by atoms with van der Waals surface area (Å²) in [5.41, 5.74) is 0.633. The van der Waals surface area contributed by atoms with Gasteiger partial charge in [0.25, 0.3) is 0 Å². The first-order valence-electron chi connectivity index (χ1n) is 5.97. The van der Waals surface area contributed by atoms with Crippen molar-refractivity contribution >= 4 is 28.9 Å². The van der Waals surface area contributed by atoms with Gasteiger partial charge in [-0.15, -0.1) is 0 Å². The molecule has 2 aliphatic rings. The zero-order chi connectivity index (χ0) is 13.1. The molecule has 2 heterocycles. The fourth-order valence-electron chi connectivity index (χ4n) is 2.76. The lowest BCUT2D eigenvalue weighted by Crippen LogP contribution is -2.67. The van der Waals surface area contributed by atoms with Gasteiger partial charge in [-0.2, -0.15) is 0 Å². The Morgan fingerprint density at radius 3 is 2.94 bits per heavy atom. The number of para-hydroxylation sites is 1. The lowest BCUT2D eigenvalue weighted by molar-refractivity contribution is -0.0997. The largest absolute Gasteiger partial charge is 0.466 e. The monoisotopic (exact) mass is 282 g/mol. The summed E-state index contributed by atoms with van der Waals surface area (Å²) in [6, 6.07) is 6.00. The standard InChI is InChI=1S/C13H15ClN2OS/c1-7-10-8-5-4-6-9(14)11(8)17-13(7,2)16(3)12(18)15-10/h4-7,10H,1-3H3,(H,15,18). The molecule has 0 radical (unpaired) electrons. The molecule has 2 bridgehead atoms. The summed E-state index contributed by atoms with van der Waals surface area (Å²) in [5.74, 6) is 1.05. The molecule has 1 saturated heterocycles. The topological polar surface area (TPSA) is 24.5 Å². The highest BCUT2D eigenvalue weighted by molar-refractivity contribution is 7.80. The third-order valence-corrected chi connectivity index (χ3v) is 4.93. The predicted octanol–water partition coefficient (Wildman–Crippen LogP) is 2.95. The van der Waals surface area contributed by atoms with Gasteiger partial charge in [0.15, 0.2) is 10.8 Å². The highest BCUT2D eigenvalue weighted by Gasteiger charge is 2.52. The number of nitrogens with one attached hydrogen (secondary N) is 1. The van der Waals surface area contributed by atoms with E-state index in [0.29, 0.717) is 10.1 Å². The highest BCUT2D eigenvalue weighted by Crippen LogP contribution is 2.49. The molecule has 1 fully saturated rings. The van der Waals surface area contributed by atoms with Crippen LogP contribution in [-0.4, -0.2) is 22.8 Å². The summed E-state index contributed by atoms with van der Waals surface area (Å²) in [6.45, 7) is 4.23. The van der Waals surface area contributed by atoms with Crippen molar-refractivity contribution in [3.05, 3.63) is 28.8 Å². The van der Waals surface area contributed by atoms with Crippen LogP contribution >= 0.6 is 23.8 Å². The van der Waals surface area contributed by atoms with Crippen LogP contribution in [0.2, 0.25) is 5.02 Å². The second-order valence-electron chi connectivity index (χ2n) is 5.09. The van der Waals surface area contributed by atoms with Crippen molar-refractivity contribution in [2.24, 2.45) is 5.92 Å². The zero-order valence-electron chi connectivity index (χ0n) is 10.5. The van der Waals surface area contributed by atoms with Gasteiger partial charge in [0, 0.05) is 18.5 Å². The highest BCUT2D eigenvalue weighted by atomic mass is 35.5. The van der Waals surface area contributed by atoms with E-state index in [0.717, 1.165) is 11.3 Å². The van der Waals surface area contributed by atoms with E-state index in [9.17, 15) is 0 Å². The molecular formula is C13H15ClN2OS. The minimum Gasteiger partial charge on any atom is -0.466 e. The molecule has 0 aromatic heterocycles. The minimum absolute atomic E-state index is 0.154. The maximum atomic E-state index is 6.24. The summed E-state index contributed by atoms with van der Waals surface area (Å²) in [6.07, 6.45) is 0. The number of fused-ring (bicyclic) bond motifs is 4. The van der Waals surface area contributed by atoms with Crippen LogP contribution < -0.4 is 10.1 Å². The maximum Gasteiger partial charge on any atom is 0.186 e. The van der Waals surface area contributed by atoms with Crippen LogP contribution in [-0.2, 0) is 0 Å². The first-order valence-corrected chi connectivity index (χ1v) is 6.75. The van der Waals surface area contributed by atoms with E-state index in [1.807, 2.05) is 30.1 Å². The summed E-state index contributed by atoms with van der Waals surface area (Å²) in [7, 11) is 1.95. The van der Waals surface area contributed by atoms with Crippen LogP contribution in [0.15, 0.2) is 18.2 Å². The number of ether oxygens (including phenoxy) is 1. The van der Waals surface area contributed by atoms with Crippen molar-refractivity contribution in [3.63, 3.8) is 0 Å². The number of rotatable bonds is 0. The van der Waals surface area contributed by atoms with Crippen LogP contribution in [0, 0.1) is 5.92 Å². The summed E-state index contributed by atoms with van der Waals surface area (Å²) in [4.78, 5) is 1.97. The number of halogens is 1. The number of hydrogen-bond acceptors (Lipinski definition) is 2. The van der Waals surface area contributed by atoms with Crippen LogP contribution in [0.5, 0.6) is 5.75 Å². The SMILES string of the molecule is CC1C2NC(=S)N(C)C1(C)Oc1c(Cl)cccc12. The van der Waals surface area contributed by atoms with Gasteiger partial charge in [-0.05, 0) is 25.2 Å². The molecule has 3 unspecified atom stereocenters. The predicted molar refractivity (Wildman–Crippen MR) is 75.9 cm³/mol. The van der Waals surface area contributed by atoms with Crippen molar-refractivity contribution in [3.8, 4) is 5.75 Å². The molecule has 0 amide bonds. The molecule has 96 valence electrons. The van der Waals surface area contributed by atoms with Gasteiger partial charge in [-0.1, -0.05) is 30.7 Å². The van der Waals surface area contributed by atoms with E-state index in [4.69, 9.17) is 28.6 Å². The number of thiocarbonyl (C=S) groups is 1. The van der Waals surface area contributed by atoms with Crippen molar-refractivity contribution in [2.75, 3.05) is 7.05 Å². The van der Waals surface area contributed by atoms with Crippen molar-refractivity contribution in [1.29, 1.82) is 0 Å². The van der Waals surface area contributed by atoms with Crippen molar-refractivity contribution < 1.29 is 4.74 Å². The van der Waals surface area contributed by atoms with Crippen LogP contribution in [0.4, 0.5) is 0 Å². The van der Waals surface area contributed by atoms with E-state index >= 15 is 0 Å². The Bertz CT molecular complexity index is 536. The molecule has 3 nitrogen and oxygen atoms in total. The van der Waals surface area contributed by atoms with Crippen LogP contribution in [0.25, 0.3) is 0 Å². The third kappa shape index (κ3) is 1.39. The first kappa shape index (κ1) is 12.1. The quantitative estimate of drug-likeness (QED) is 0.740. The number of nitrogens with zero attached hydrogens (tertiary/aromatic N) is 1. The smallest absolute Gasteiger partial charge is 0.186 e. The molecule has 1 aromatic rings. The van der Waals surface area contributed by atoms with E-state index in [1.54, 1.807) is 0 Å². The molecule has 2 aliphatic heterocycles. The molecule has 3 atom stereocenters. The summed E-state index contributed by atoms with van der Waals surface area (Å²) in [5, 5.41) is 4.74. The normalized spacial score (nSPS) is 33.6. The molecular weight excluding hydrogens is 268 g/mol. The van der Waals surface area contributed by atoms with Gasteiger partial charge < -0.3 is 15.0 Å².